The smallest absolute Gasteiger partial charge is 0.185 e. The van der Waals surface area contributed by atoms with E-state index < -0.39 is 13.9 Å². The van der Waals surface area contributed by atoms with E-state index in [9.17, 15) is 9.90 Å². The van der Waals surface area contributed by atoms with E-state index in [0.29, 0.717) is 6.04 Å². The third-order valence-corrected chi connectivity index (χ3v) is 2.60. The summed E-state index contributed by atoms with van der Waals surface area (Å²) >= 11 is 0. The first-order valence-electron chi connectivity index (χ1n) is 3.15. The summed E-state index contributed by atoms with van der Waals surface area (Å²) in [6.07, 6.45) is 0. The fourth-order valence-electron chi connectivity index (χ4n) is 1.06. The molecule has 0 radical (unpaired) electrons. The highest BCUT2D eigenvalue weighted by molar-refractivity contribution is 6.70. The minimum atomic E-state index is -2.04. The van der Waals surface area contributed by atoms with Crippen LogP contribution in [0.15, 0.2) is 0 Å². The molecule has 56 valence electrons. The molecule has 0 aromatic rings. The van der Waals surface area contributed by atoms with Gasteiger partial charge in [-0.05, 0) is 33.0 Å². The first-order chi connectivity index (χ1) is 3.71. The number of aliphatic hydroxyl groups is 1. The second-order valence-electron chi connectivity index (χ2n) is 3.80. The molecular weight excluding hydrogens is 132 g/mol. The van der Waals surface area contributed by atoms with Gasteiger partial charge < -0.3 is 9.90 Å². The lowest BCUT2D eigenvalue weighted by Crippen LogP contribution is -2.35. The Bertz CT molecular complexity index is 76.2. The molecule has 0 unspecified atom stereocenters. The van der Waals surface area contributed by atoms with Crippen molar-refractivity contribution in [3.05, 3.63) is 0 Å². The van der Waals surface area contributed by atoms with E-state index in [1.54, 1.807) is 13.8 Å². The normalized spacial score (nSPS) is 14.0. The van der Waals surface area contributed by atoms with E-state index >= 15 is 0 Å². The van der Waals surface area contributed by atoms with Crippen LogP contribution in [0.3, 0.4) is 0 Å². The third kappa shape index (κ3) is 8.14. The molecular formula is C6H16O2Si. The minimum absolute atomic E-state index is 0.542. The first-order valence-corrected chi connectivity index (χ1v) is 6.31. The maximum absolute atomic E-state index is 9.33. The molecule has 9 heavy (non-hydrogen) atoms. The van der Waals surface area contributed by atoms with Gasteiger partial charge in [-0.1, -0.05) is 0 Å². The van der Waals surface area contributed by atoms with Gasteiger partial charge in [0.2, 0.25) is 0 Å². The van der Waals surface area contributed by atoms with E-state index in [0.717, 1.165) is 0 Å². The van der Waals surface area contributed by atoms with Gasteiger partial charge in [0, 0.05) is 0 Å². The van der Waals surface area contributed by atoms with Gasteiger partial charge in [-0.25, -0.2) is 0 Å². The predicted octanol–water partition coefficient (Wildman–Crippen LogP) is 0.955. The van der Waals surface area contributed by atoms with Crippen molar-refractivity contribution >= 4 is 8.32 Å². The van der Waals surface area contributed by atoms with Crippen LogP contribution in [-0.2, 0) is 0 Å². The zero-order valence-corrected chi connectivity index (χ0v) is 7.60. The summed E-state index contributed by atoms with van der Waals surface area (Å²) in [6, 6.07) is 0.542. The van der Waals surface area contributed by atoms with Crippen molar-refractivity contribution in [1.82, 2.24) is 0 Å². The molecule has 0 saturated carbocycles. The monoisotopic (exact) mass is 148 g/mol. The molecule has 0 bridgehead atoms. The SMILES string of the molecule is CC(C)(O)C[Si](C)(C)O. The molecule has 0 atom stereocenters. The Balaban J connectivity index is 3.75. The zero-order chi connectivity index (χ0) is 7.71. The summed E-state index contributed by atoms with van der Waals surface area (Å²) in [5, 5.41) is 9.23. The number of hydrogen-bond donors (Lipinski definition) is 2. The largest absolute Gasteiger partial charge is 0.432 e. The van der Waals surface area contributed by atoms with Crippen molar-refractivity contribution in [2.75, 3.05) is 0 Å². The Hall–Kier alpha value is 0.137. The van der Waals surface area contributed by atoms with E-state index in [2.05, 4.69) is 0 Å². The number of hydrogen-bond acceptors (Lipinski definition) is 2. The Morgan fingerprint density at radius 1 is 1.33 bits per heavy atom. The molecule has 0 aromatic carbocycles. The molecule has 3 heteroatoms. The van der Waals surface area contributed by atoms with Crippen LogP contribution >= 0.6 is 0 Å². The average Bonchev–Trinajstić information content (AvgIpc) is 1.14. The summed E-state index contributed by atoms with van der Waals surface area (Å²) < 4.78 is 0. The molecule has 0 spiro atoms. The van der Waals surface area contributed by atoms with Crippen LogP contribution in [0.2, 0.25) is 19.1 Å². The molecule has 0 fully saturated rings. The van der Waals surface area contributed by atoms with Crippen LogP contribution in [0.5, 0.6) is 0 Å². The zero-order valence-electron chi connectivity index (χ0n) is 6.60. The molecule has 2 N–H and O–H groups in total. The minimum Gasteiger partial charge on any atom is -0.432 e. The van der Waals surface area contributed by atoms with E-state index in [1.165, 1.54) is 0 Å². The molecule has 2 nitrogen and oxygen atoms in total. The Morgan fingerprint density at radius 2 is 1.67 bits per heavy atom. The molecule has 0 saturated heterocycles. The van der Waals surface area contributed by atoms with Gasteiger partial charge in [-0.15, -0.1) is 0 Å². The van der Waals surface area contributed by atoms with Gasteiger partial charge in [0.25, 0.3) is 0 Å². The van der Waals surface area contributed by atoms with Crippen LogP contribution < -0.4 is 0 Å². The maximum atomic E-state index is 9.33. The van der Waals surface area contributed by atoms with Crippen molar-refractivity contribution in [3.8, 4) is 0 Å². The second-order valence-corrected chi connectivity index (χ2v) is 7.78. The Morgan fingerprint density at radius 3 is 1.67 bits per heavy atom. The lowest BCUT2D eigenvalue weighted by atomic mass is 10.2. The summed E-state index contributed by atoms with van der Waals surface area (Å²) in [5.41, 5.74) is -0.704. The van der Waals surface area contributed by atoms with E-state index in [4.69, 9.17) is 0 Å². The fourth-order valence-corrected chi connectivity index (χ4v) is 3.18. The fraction of sp³-hybridized carbons (Fsp3) is 1.00. The van der Waals surface area contributed by atoms with E-state index in [-0.39, 0.29) is 0 Å². The van der Waals surface area contributed by atoms with Crippen LogP contribution in [0.25, 0.3) is 0 Å². The maximum Gasteiger partial charge on any atom is 0.185 e. The quantitative estimate of drug-likeness (QED) is 0.572. The van der Waals surface area contributed by atoms with Gasteiger partial charge in [0.05, 0.1) is 5.60 Å². The van der Waals surface area contributed by atoms with Gasteiger partial charge >= 0.3 is 0 Å². The van der Waals surface area contributed by atoms with Crippen LogP contribution in [0.1, 0.15) is 13.8 Å². The lowest BCUT2D eigenvalue weighted by Gasteiger charge is -2.23. The summed E-state index contributed by atoms with van der Waals surface area (Å²) in [6.45, 7) is 7.09. The van der Waals surface area contributed by atoms with Crippen LogP contribution in [-0.4, -0.2) is 23.8 Å². The molecule has 0 aromatic heterocycles. The van der Waals surface area contributed by atoms with Crippen LogP contribution in [0.4, 0.5) is 0 Å². The predicted molar refractivity (Wildman–Crippen MR) is 40.8 cm³/mol. The topological polar surface area (TPSA) is 40.5 Å². The molecule has 0 rings (SSSR count). The van der Waals surface area contributed by atoms with Crippen molar-refractivity contribution in [2.45, 2.75) is 38.6 Å². The molecule has 0 heterocycles. The summed E-state index contributed by atoms with van der Waals surface area (Å²) in [5.74, 6) is 0. The van der Waals surface area contributed by atoms with Crippen molar-refractivity contribution in [2.24, 2.45) is 0 Å². The van der Waals surface area contributed by atoms with E-state index in [1.807, 2.05) is 13.1 Å². The highest BCUT2D eigenvalue weighted by Crippen LogP contribution is 2.16. The number of rotatable bonds is 2. The molecule has 0 aliphatic rings. The van der Waals surface area contributed by atoms with Gasteiger partial charge in [0.15, 0.2) is 8.32 Å². The van der Waals surface area contributed by atoms with Crippen molar-refractivity contribution < 1.29 is 9.90 Å². The molecule has 0 amide bonds. The Labute approximate surface area is 57.7 Å². The second kappa shape index (κ2) is 2.40. The first kappa shape index (κ1) is 9.14. The van der Waals surface area contributed by atoms with Gasteiger partial charge in [0.1, 0.15) is 0 Å². The van der Waals surface area contributed by atoms with Gasteiger partial charge in [-0.3, -0.25) is 0 Å². The van der Waals surface area contributed by atoms with Crippen molar-refractivity contribution in [1.29, 1.82) is 0 Å². The highest BCUT2D eigenvalue weighted by atomic mass is 28.4. The lowest BCUT2D eigenvalue weighted by molar-refractivity contribution is 0.0968. The summed E-state index contributed by atoms with van der Waals surface area (Å²) in [7, 11) is -2.04. The summed E-state index contributed by atoms with van der Waals surface area (Å²) in [4.78, 5) is 9.33. The standard InChI is InChI=1S/C6H16O2Si/c1-6(2,7)5-9(3,4)8/h7-8H,5H2,1-4H3. The Kier molecular flexibility index (Phi) is 2.44. The van der Waals surface area contributed by atoms with Gasteiger partial charge in [-0.2, -0.15) is 0 Å². The van der Waals surface area contributed by atoms with Crippen LogP contribution in [0, 0.1) is 0 Å². The average molecular weight is 148 g/mol. The highest BCUT2D eigenvalue weighted by Gasteiger charge is 2.26. The third-order valence-electron chi connectivity index (χ3n) is 0.865. The van der Waals surface area contributed by atoms with Crippen molar-refractivity contribution in [3.63, 3.8) is 0 Å². The molecule has 0 aliphatic heterocycles. The molecule has 0 aliphatic carbocycles.